The highest BCUT2D eigenvalue weighted by molar-refractivity contribution is 7.48. The molecule has 4 N–H and O–H groups in total. The number of rotatable bonds is 18. The van der Waals surface area contributed by atoms with E-state index in [1.165, 1.54) is 57.8 Å². The van der Waals surface area contributed by atoms with E-state index in [2.05, 4.69) is 20.8 Å². The van der Waals surface area contributed by atoms with Crippen molar-refractivity contribution in [3.05, 3.63) is 33.8 Å². The molecule has 0 amide bonds. The molecule has 0 saturated heterocycles. The van der Waals surface area contributed by atoms with E-state index in [9.17, 15) is 24.5 Å². The maximum atomic E-state index is 13.0. The normalized spacial score (nSPS) is 22.6. The van der Waals surface area contributed by atoms with Gasteiger partial charge in [0.25, 0.3) is 5.76 Å². The highest BCUT2D eigenvalue weighted by Crippen LogP contribution is 2.52. The van der Waals surface area contributed by atoms with Crippen molar-refractivity contribution in [2.75, 3.05) is 6.61 Å². The van der Waals surface area contributed by atoms with E-state index in [1.807, 2.05) is 6.92 Å². The molecule has 11 heteroatoms. The largest absolute Gasteiger partial charge is 0.585 e. The van der Waals surface area contributed by atoms with Gasteiger partial charge in [-0.15, -0.1) is 0 Å². The number of carbonyl (C=O) groups excluding carboxylic acids is 1. The fraction of sp³-hybridized carbons (Fsp3) is 0.727. The van der Waals surface area contributed by atoms with Crippen LogP contribution >= 0.6 is 7.82 Å². The highest BCUT2D eigenvalue weighted by Gasteiger charge is 2.44. The lowest BCUT2D eigenvalue weighted by Crippen LogP contribution is -2.37. The van der Waals surface area contributed by atoms with Crippen molar-refractivity contribution >= 4 is 13.8 Å². The fourth-order valence-corrected chi connectivity index (χ4v) is 7.10. The standard InChI is InChI=1S/C33H53O10P/c1-7-8-9-10-11-12-13-15-21(2)16-14-18-33(6)19-17-25-24(5)28(22(3)23(4)29(25)41-33)42-44(38,39)43-31-27(36)30(26(35)20-34)40-32(31)37/h21,26,30,34-36H,7-20H2,1-6H3,(H,38,39). The van der Waals surface area contributed by atoms with Gasteiger partial charge < -0.3 is 33.8 Å². The van der Waals surface area contributed by atoms with Gasteiger partial charge in [-0.1, -0.05) is 71.6 Å². The number of hydrogen-bond acceptors (Lipinski definition) is 9. The number of fused-ring (bicyclic) bond motifs is 1. The molecule has 0 aliphatic carbocycles. The lowest BCUT2D eigenvalue weighted by Gasteiger charge is -2.38. The van der Waals surface area contributed by atoms with Gasteiger partial charge in [-0.2, -0.15) is 0 Å². The summed E-state index contributed by atoms with van der Waals surface area (Å²) in [6, 6.07) is 0. The number of aliphatic hydroxyl groups is 3. The summed E-state index contributed by atoms with van der Waals surface area (Å²) in [5.41, 5.74) is 2.59. The van der Waals surface area contributed by atoms with Crippen LogP contribution in [0.3, 0.4) is 0 Å². The Hall–Kier alpha value is -2.26. The number of hydrogen-bond donors (Lipinski definition) is 4. The third-order valence-corrected chi connectivity index (χ3v) is 9.96. The first-order chi connectivity index (χ1) is 20.7. The van der Waals surface area contributed by atoms with Crippen LogP contribution in [0.4, 0.5) is 0 Å². The van der Waals surface area contributed by atoms with Crippen molar-refractivity contribution in [3.8, 4) is 11.5 Å². The quantitative estimate of drug-likeness (QED) is 0.0737. The Bertz CT molecular complexity index is 1230. The van der Waals surface area contributed by atoms with Crippen LogP contribution < -0.4 is 9.26 Å². The molecule has 10 nitrogen and oxygen atoms in total. The van der Waals surface area contributed by atoms with Crippen LogP contribution in [0, 0.1) is 26.7 Å². The third kappa shape index (κ3) is 9.15. The van der Waals surface area contributed by atoms with E-state index in [-0.39, 0.29) is 11.4 Å². The van der Waals surface area contributed by atoms with Crippen LogP contribution in [0.5, 0.6) is 11.5 Å². The predicted molar refractivity (Wildman–Crippen MR) is 168 cm³/mol. The number of carbonyl (C=O) groups is 1. The molecule has 0 saturated carbocycles. The second-order valence-corrected chi connectivity index (χ2v) is 14.2. The van der Waals surface area contributed by atoms with E-state index < -0.39 is 44.1 Å². The minimum atomic E-state index is -4.98. The van der Waals surface area contributed by atoms with E-state index in [4.69, 9.17) is 23.6 Å². The molecular formula is C33H53O10P. The third-order valence-electron chi connectivity index (χ3n) is 9.14. The Morgan fingerprint density at radius 1 is 1.00 bits per heavy atom. The molecule has 0 fully saturated rings. The number of phosphoric ester groups is 1. The summed E-state index contributed by atoms with van der Waals surface area (Å²) in [6.45, 7) is 11.4. The lowest BCUT2D eigenvalue weighted by molar-refractivity contribution is -0.147. The van der Waals surface area contributed by atoms with Gasteiger partial charge in [0.1, 0.15) is 23.2 Å². The summed E-state index contributed by atoms with van der Waals surface area (Å²) in [6.07, 6.45) is 12.1. The minimum Gasteiger partial charge on any atom is -0.505 e. The van der Waals surface area contributed by atoms with E-state index in [1.54, 1.807) is 13.8 Å². The first kappa shape index (κ1) is 36.2. The van der Waals surface area contributed by atoms with Crippen LogP contribution in [-0.4, -0.2) is 50.6 Å². The summed E-state index contributed by atoms with van der Waals surface area (Å²) < 4.78 is 34.8. The van der Waals surface area contributed by atoms with E-state index in [0.717, 1.165) is 36.1 Å². The number of phosphoric acid groups is 1. The lowest BCUT2D eigenvalue weighted by atomic mass is 9.84. The fourth-order valence-electron chi connectivity index (χ4n) is 6.16. The number of benzene rings is 1. The van der Waals surface area contributed by atoms with Gasteiger partial charge in [0.15, 0.2) is 11.9 Å². The van der Waals surface area contributed by atoms with Crippen molar-refractivity contribution in [2.24, 2.45) is 5.92 Å². The van der Waals surface area contributed by atoms with E-state index in [0.29, 0.717) is 23.5 Å². The monoisotopic (exact) mass is 640 g/mol. The van der Waals surface area contributed by atoms with Gasteiger partial charge >= 0.3 is 13.8 Å². The predicted octanol–water partition coefficient (Wildman–Crippen LogP) is 7.19. The number of unbranched alkanes of at least 4 members (excludes halogenated alkanes) is 6. The molecular weight excluding hydrogens is 587 g/mol. The second kappa shape index (κ2) is 15.8. The van der Waals surface area contributed by atoms with Crippen molar-refractivity contribution in [3.63, 3.8) is 0 Å². The summed E-state index contributed by atoms with van der Waals surface area (Å²) in [5, 5.41) is 29.1. The zero-order chi connectivity index (χ0) is 32.7. The first-order valence-corrected chi connectivity index (χ1v) is 17.7. The topological polar surface area (TPSA) is 152 Å². The van der Waals surface area contributed by atoms with Crippen molar-refractivity contribution < 1.29 is 48.1 Å². The first-order valence-electron chi connectivity index (χ1n) is 16.2. The average molecular weight is 641 g/mol. The number of esters is 1. The summed E-state index contributed by atoms with van der Waals surface area (Å²) in [4.78, 5) is 22.7. The molecule has 5 atom stereocenters. The molecule has 5 unspecified atom stereocenters. The van der Waals surface area contributed by atoms with Gasteiger partial charge in [0.05, 0.1) is 6.61 Å². The minimum absolute atomic E-state index is 0.136. The van der Waals surface area contributed by atoms with Crippen LogP contribution in [0.15, 0.2) is 11.5 Å². The molecule has 2 aliphatic rings. The molecule has 0 radical (unpaired) electrons. The summed E-state index contributed by atoms with van der Waals surface area (Å²) >= 11 is 0. The molecule has 1 aromatic carbocycles. The molecule has 250 valence electrons. The van der Waals surface area contributed by atoms with Gasteiger partial charge in [-0.25, -0.2) is 9.36 Å². The van der Waals surface area contributed by atoms with E-state index >= 15 is 0 Å². The smallest absolute Gasteiger partial charge is 0.505 e. The Morgan fingerprint density at radius 2 is 1.64 bits per heavy atom. The van der Waals surface area contributed by atoms with Crippen LogP contribution in [0.25, 0.3) is 0 Å². The molecule has 2 heterocycles. The number of aliphatic hydroxyl groups excluding tert-OH is 3. The molecule has 0 aromatic heterocycles. The highest BCUT2D eigenvalue weighted by atomic mass is 31.2. The molecule has 1 aromatic rings. The maximum absolute atomic E-state index is 13.0. The molecule has 2 aliphatic heterocycles. The Morgan fingerprint density at radius 3 is 2.30 bits per heavy atom. The van der Waals surface area contributed by atoms with Crippen LogP contribution in [0.1, 0.15) is 120 Å². The Labute approximate surface area is 262 Å². The number of cyclic esters (lactones) is 1. The SMILES string of the molecule is CCCCCCCCCC(C)CCCC1(C)CCc2c(C)c(OP(=O)(O)OC3=C(O)C(C(O)CO)OC3=O)c(C)c(C)c2O1. The van der Waals surface area contributed by atoms with Gasteiger partial charge in [0, 0.05) is 5.56 Å². The van der Waals surface area contributed by atoms with Gasteiger partial charge in [0.2, 0.25) is 0 Å². The summed E-state index contributed by atoms with van der Waals surface area (Å²) in [5.74, 6) is -1.50. The maximum Gasteiger partial charge on any atom is 0.585 e. The molecule has 44 heavy (non-hydrogen) atoms. The Kier molecular flexibility index (Phi) is 13.0. The average Bonchev–Trinajstić information content (AvgIpc) is 3.25. The summed E-state index contributed by atoms with van der Waals surface area (Å²) in [7, 11) is -4.98. The number of ether oxygens (including phenoxy) is 2. The zero-order valence-corrected chi connectivity index (χ0v) is 28.2. The molecule has 0 bridgehead atoms. The molecule has 0 spiro atoms. The van der Waals surface area contributed by atoms with Crippen LogP contribution in [-0.2, 0) is 25.0 Å². The van der Waals surface area contributed by atoms with Crippen molar-refractivity contribution in [1.29, 1.82) is 0 Å². The van der Waals surface area contributed by atoms with Crippen molar-refractivity contribution in [1.82, 2.24) is 0 Å². The van der Waals surface area contributed by atoms with Gasteiger partial charge in [-0.3, -0.25) is 4.89 Å². The van der Waals surface area contributed by atoms with Crippen LogP contribution in [0.2, 0.25) is 0 Å². The second-order valence-electron chi connectivity index (χ2n) is 12.9. The zero-order valence-electron chi connectivity index (χ0n) is 27.3. The van der Waals surface area contributed by atoms with Crippen molar-refractivity contribution in [2.45, 2.75) is 143 Å². The molecule has 3 rings (SSSR count). The van der Waals surface area contributed by atoms with Gasteiger partial charge in [-0.05, 0) is 76.0 Å². The Balaban J connectivity index is 1.61.